The maximum atomic E-state index is 14.6. The van der Waals surface area contributed by atoms with E-state index in [1.807, 2.05) is 0 Å². The fourth-order valence-electron chi connectivity index (χ4n) is 3.48. The molecule has 1 aromatic rings. The van der Waals surface area contributed by atoms with Gasteiger partial charge in [0.15, 0.2) is 5.57 Å². The van der Waals surface area contributed by atoms with Crippen LogP contribution in [-0.4, -0.2) is 37.1 Å². The summed E-state index contributed by atoms with van der Waals surface area (Å²) in [4.78, 5) is 4.52. The third-order valence-corrected chi connectivity index (χ3v) is 4.73. The summed E-state index contributed by atoms with van der Waals surface area (Å²) in [5.74, 6) is -0.385. The molecule has 2 heterocycles. The summed E-state index contributed by atoms with van der Waals surface area (Å²) in [7, 11) is 0. The van der Waals surface area contributed by atoms with Crippen LogP contribution in [0.4, 0.5) is 15.8 Å². The minimum Gasteiger partial charge on any atom is -0.366 e. The average molecular weight is 336 g/mol. The molecule has 0 aromatic heterocycles. The number of allylic oxidation sites excluding steroid dienone is 2. The van der Waals surface area contributed by atoms with Gasteiger partial charge >= 0.3 is 0 Å². The Labute approximate surface area is 146 Å². The molecule has 126 valence electrons. The van der Waals surface area contributed by atoms with Crippen molar-refractivity contribution in [1.29, 1.82) is 15.8 Å². The normalized spacial score (nSPS) is 19.3. The Bertz CT molecular complexity index is 809. The Balaban J connectivity index is 1.78. The molecule has 0 spiro atoms. The molecule has 2 aliphatic rings. The first-order chi connectivity index (χ1) is 12.2. The van der Waals surface area contributed by atoms with E-state index in [4.69, 9.17) is 15.8 Å². The minimum absolute atomic E-state index is 0.184. The molecular weight excluding hydrogens is 319 g/mol. The summed E-state index contributed by atoms with van der Waals surface area (Å²) in [5.41, 5.74) is 0.363. The van der Waals surface area contributed by atoms with E-state index in [0.717, 1.165) is 32.6 Å². The quantitative estimate of drug-likeness (QED) is 0.852. The van der Waals surface area contributed by atoms with Gasteiger partial charge in [-0.1, -0.05) is 0 Å². The van der Waals surface area contributed by atoms with Crippen LogP contribution in [0, 0.1) is 39.8 Å². The molecule has 25 heavy (non-hydrogen) atoms. The molecule has 0 radical (unpaired) electrons. The van der Waals surface area contributed by atoms with Crippen LogP contribution in [0.5, 0.6) is 0 Å². The van der Waals surface area contributed by atoms with E-state index >= 15 is 0 Å². The fourth-order valence-corrected chi connectivity index (χ4v) is 3.48. The molecule has 3 rings (SSSR count). The van der Waals surface area contributed by atoms with Crippen molar-refractivity contribution < 1.29 is 4.39 Å². The van der Waals surface area contributed by atoms with Gasteiger partial charge in [0.25, 0.3) is 0 Å². The van der Waals surface area contributed by atoms with Gasteiger partial charge < -0.3 is 10.2 Å². The molecule has 0 bridgehead atoms. The molecule has 0 amide bonds. The van der Waals surface area contributed by atoms with Crippen molar-refractivity contribution in [3.63, 3.8) is 0 Å². The number of fused-ring (bicyclic) bond motifs is 1. The Morgan fingerprint density at radius 3 is 2.60 bits per heavy atom. The lowest BCUT2D eigenvalue weighted by atomic mass is 10.1. The van der Waals surface area contributed by atoms with Crippen molar-refractivity contribution in [2.75, 3.05) is 36.4 Å². The maximum Gasteiger partial charge on any atom is 0.163 e. The molecule has 1 atom stereocenters. The number of hydrogen-bond donors (Lipinski definition) is 1. The highest BCUT2D eigenvalue weighted by Gasteiger charge is 2.31. The number of nitrogens with one attached hydrogen (secondary N) is 1. The first-order valence-electron chi connectivity index (χ1n) is 8.16. The van der Waals surface area contributed by atoms with Gasteiger partial charge in [-0.05, 0) is 37.6 Å². The Hall–Kier alpha value is -3.08. The van der Waals surface area contributed by atoms with E-state index in [0.29, 0.717) is 17.4 Å². The Kier molecular flexibility index (Phi) is 4.84. The zero-order chi connectivity index (χ0) is 17.8. The number of anilines is 2. The predicted octanol–water partition coefficient (Wildman–Crippen LogP) is 2.35. The van der Waals surface area contributed by atoms with Crippen LogP contribution in [0.1, 0.15) is 12.8 Å². The van der Waals surface area contributed by atoms with Crippen molar-refractivity contribution in [1.82, 2.24) is 4.90 Å². The van der Waals surface area contributed by atoms with E-state index in [-0.39, 0.29) is 17.1 Å². The SMILES string of the molecule is N#CC(C#N)=C(C#N)Nc1ccc(N2CCN3CCCC3C2)c(F)c1. The summed E-state index contributed by atoms with van der Waals surface area (Å²) >= 11 is 0. The number of nitrogens with zero attached hydrogens (tertiary/aromatic N) is 5. The van der Waals surface area contributed by atoms with E-state index in [9.17, 15) is 4.39 Å². The van der Waals surface area contributed by atoms with Crippen molar-refractivity contribution in [2.45, 2.75) is 18.9 Å². The largest absolute Gasteiger partial charge is 0.366 e. The third-order valence-electron chi connectivity index (χ3n) is 4.73. The highest BCUT2D eigenvalue weighted by Crippen LogP contribution is 2.29. The van der Waals surface area contributed by atoms with Crippen LogP contribution in [0.2, 0.25) is 0 Å². The molecule has 6 nitrogen and oxygen atoms in total. The van der Waals surface area contributed by atoms with Gasteiger partial charge in [-0.15, -0.1) is 0 Å². The molecule has 1 aromatic carbocycles. The number of nitriles is 3. The third kappa shape index (κ3) is 3.40. The average Bonchev–Trinajstić information content (AvgIpc) is 3.09. The lowest BCUT2D eigenvalue weighted by Gasteiger charge is -2.39. The van der Waals surface area contributed by atoms with E-state index in [1.165, 1.54) is 12.5 Å². The first-order valence-corrected chi connectivity index (χ1v) is 8.16. The Morgan fingerprint density at radius 1 is 1.12 bits per heavy atom. The van der Waals surface area contributed by atoms with Gasteiger partial charge in [0, 0.05) is 31.4 Å². The highest BCUT2D eigenvalue weighted by molar-refractivity contribution is 5.62. The molecule has 7 heteroatoms. The zero-order valence-electron chi connectivity index (χ0n) is 13.7. The second-order valence-electron chi connectivity index (χ2n) is 6.15. The fraction of sp³-hybridized carbons (Fsp3) is 0.389. The van der Waals surface area contributed by atoms with Crippen molar-refractivity contribution >= 4 is 11.4 Å². The van der Waals surface area contributed by atoms with Gasteiger partial charge in [-0.25, -0.2) is 4.39 Å². The van der Waals surface area contributed by atoms with Crippen LogP contribution in [0.3, 0.4) is 0 Å². The highest BCUT2D eigenvalue weighted by atomic mass is 19.1. The summed E-state index contributed by atoms with van der Waals surface area (Å²) in [6.45, 7) is 3.68. The smallest absolute Gasteiger partial charge is 0.163 e. The number of halogens is 1. The van der Waals surface area contributed by atoms with Gasteiger partial charge in [0.1, 0.15) is 29.7 Å². The summed E-state index contributed by atoms with van der Waals surface area (Å²) in [5, 5.41) is 29.4. The van der Waals surface area contributed by atoms with Gasteiger partial charge in [-0.3, -0.25) is 4.90 Å². The van der Waals surface area contributed by atoms with Crippen molar-refractivity contribution in [3.8, 4) is 18.2 Å². The summed E-state index contributed by atoms with van der Waals surface area (Å²) in [6.07, 6.45) is 2.35. The van der Waals surface area contributed by atoms with Crippen molar-refractivity contribution in [2.24, 2.45) is 0 Å². The molecular formula is C18H17FN6. The lowest BCUT2D eigenvalue weighted by molar-refractivity contribution is 0.230. The molecule has 0 aliphatic carbocycles. The van der Waals surface area contributed by atoms with Gasteiger partial charge in [0.2, 0.25) is 0 Å². The lowest BCUT2D eigenvalue weighted by Crippen LogP contribution is -2.50. The van der Waals surface area contributed by atoms with Crippen LogP contribution < -0.4 is 10.2 Å². The Morgan fingerprint density at radius 2 is 1.92 bits per heavy atom. The minimum atomic E-state index is -0.385. The van der Waals surface area contributed by atoms with Crippen molar-refractivity contribution in [3.05, 3.63) is 35.3 Å². The topological polar surface area (TPSA) is 89.9 Å². The van der Waals surface area contributed by atoms with Gasteiger partial charge in [0.05, 0.1) is 5.69 Å². The maximum absolute atomic E-state index is 14.6. The number of piperazine rings is 1. The van der Waals surface area contributed by atoms with E-state index in [1.54, 1.807) is 30.3 Å². The molecule has 2 aliphatic heterocycles. The second kappa shape index (κ2) is 7.21. The molecule has 2 saturated heterocycles. The summed E-state index contributed by atoms with van der Waals surface area (Å²) in [6, 6.07) is 10.2. The number of benzene rings is 1. The van der Waals surface area contributed by atoms with Crippen LogP contribution in [-0.2, 0) is 0 Å². The van der Waals surface area contributed by atoms with Crippen LogP contribution in [0.15, 0.2) is 29.5 Å². The van der Waals surface area contributed by atoms with Crippen LogP contribution >= 0.6 is 0 Å². The summed E-state index contributed by atoms with van der Waals surface area (Å²) < 4.78 is 14.6. The standard InChI is InChI=1S/C18H17FN6/c19-16-8-14(23-17(11-22)13(9-20)10-21)3-4-18(16)25-7-6-24-5-1-2-15(24)12-25/h3-4,8,15,23H,1-2,5-7,12H2. The predicted molar refractivity (Wildman–Crippen MR) is 90.7 cm³/mol. The van der Waals surface area contributed by atoms with Gasteiger partial charge in [-0.2, -0.15) is 15.8 Å². The van der Waals surface area contributed by atoms with E-state index in [2.05, 4.69) is 15.1 Å². The number of hydrogen-bond acceptors (Lipinski definition) is 6. The monoisotopic (exact) mass is 336 g/mol. The van der Waals surface area contributed by atoms with E-state index < -0.39 is 0 Å². The molecule has 0 saturated carbocycles. The zero-order valence-corrected chi connectivity index (χ0v) is 13.7. The molecule has 1 unspecified atom stereocenters. The molecule has 2 fully saturated rings. The number of rotatable bonds is 3. The second-order valence-corrected chi connectivity index (χ2v) is 6.15. The first kappa shape index (κ1) is 16.8. The van der Waals surface area contributed by atoms with Crippen LogP contribution in [0.25, 0.3) is 0 Å². The molecule has 1 N–H and O–H groups in total.